The molecule has 1 aliphatic heterocycles. The van der Waals surface area contributed by atoms with Gasteiger partial charge < -0.3 is 4.74 Å². The molecule has 3 atom stereocenters. The highest BCUT2D eigenvalue weighted by molar-refractivity contribution is 5.97. The fraction of sp³-hybridized carbons (Fsp3) is 0.364. The van der Waals surface area contributed by atoms with E-state index < -0.39 is 30.3 Å². The predicted molar refractivity (Wildman–Crippen MR) is 106 cm³/mol. The Morgan fingerprint density at radius 1 is 1.33 bits per heavy atom. The molecule has 0 amide bonds. The standard InChI is InChI=1S/C22H20F3N3O2/c1-12-7-15(26-4)11-27-20(12)18(29)9-14-5-6-17(24)16(8-14)22(3)21(25)19(10-23)30-13(2)28-22/h5-8,11,19,21H,9-10H2,1-3H3/t19-,21+,22-/m1/s1. The Morgan fingerprint density at radius 2 is 2.07 bits per heavy atom. The van der Waals surface area contributed by atoms with E-state index >= 15 is 0 Å². The van der Waals surface area contributed by atoms with Crippen LogP contribution < -0.4 is 0 Å². The molecule has 0 bridgehead atoms. The summed E-state index contributed by atoms with van der Waals surface area (Å²) in [6.07, 6.45) is -2.08. The summed E-state index contributed by atoms with van der Waals surface area (Å²) in [7, 11) is 0. The zero-order valence-electron chi connectivity index (χ0n) is 16.7. The van der Waals surface area contributed by atoms with E-state index in [1.807, 2.05) is 0 Å². The number of Topliss-reactive ketones (excluding diaryl/α,β-unsaturated/α-hetero) is 1. The summed E-state index contributed by atoms with van der Waals surface area (Å²) >= 11 is 0. The Morgan fingerprint density at radius 3 is 2.70 bits per heavy atom. The highest BCUT2D eigenvalue weighted by Crippen LogP contribution is 2.39. The molecule has 0 N–H and O–H groups in total. The molecule has 30 heavy (non-hydrogen) atoms. The molecular weight excluding hydrogens is 395 g/mol. The number of nitrogens with zero attached hydrogens (tertiary/aromatic N) is 3. The van der Waals surface area contributed by atoms with Gasteiger partial charge in [0.1, 0.15) is 23.7 Å². The van der Waals surface area contributed by atoms with Crippen LogP contribution in [0.15, 0.2) is 35.5 Å². The second-order valence-corrected chi connectivity index (χ2v) is 7.38. The molecule has 0 spiro atoms. The van der Waals surface area contributed by atoms with Crippen LogP contribution in [-0.4, -0.2) is 35.6 Å². The minimum atomic E-state index is -1.91. The number of aliphatic imine (C=N–C) groups is 1. The number of aromatic nitrogens is 1. The summed E-state index contributed by atoms with van der Waals surface area (Å²) < 4.78 is 47.9. The van der Waals surface area contributed by atoms with E-state index in [1.165, 1.54) is 32.2 Å². The molecule has 1 aromatic heterocycles. The van der Waals surface area contributed by atoms with Crippen molar-refractivity contribution in [3.63, 3.8) is 0 Å². The largest absolute Gasteiger partial charge is 0.472 e. The van der Waals surface area contributed by atoms with Crippen LogP contribution in [0.25, 0.3) is 4.85 Å². The van der Waals surface area contributed by atoms with Gasteiger partial charge in [0, 0.05) is 25.1 Å². The number of hydrogen-bond donors (Lipinski definition) is 0. The second kappa shape index (κ2) is 8.27. The number of pyridine rings is 1. The average molecular weight is 415 g/mol. The van der Waals surface area contributed by atoms with Gasteiger partial charge in [-0.2, -0.15) is 0 Å². The highest BCUT2D eigenvalue weighted by atomic mass is 19.1. The number of carbonyl (C=O) groups excluding carboxylic acids is 1. The lowest BCUT2D eigenvalue weighted by Crippen LogP contribution is -2.48. The number of hydrogen-bond acceptors (Lipinski definition) is 4. The smallest absolute Gasteiger partial charge is 0.205 e. The van der Waals surface area contributed by atoms with Gasteiger partial charge in [0.05, 0.1) is 6.57 Å². The Kier molecular flexibility index (Phi) is 5.92. The molecule has 0 saturated heterocycles. The van der Waals surface area contributed by atoms with Crippen molar-refractivity contribution in [1.29, 1.82) is 0 Å². The normalized spacial score (nSPS) is 23.3. The molecule has 0 radical (unpaired) electrons. The van der Waals surface area contributed by atoms with Crippen LogP contribution in [0.3, 0.4) is 0 Å². The first-order chi connectivity index (χ1) is 14.2. The highest BCUT2D eigenvalue weighted by Gasteiger charge is 2.47. The number of ether oxygens (including phenoxy) is 1. The molecule has 8 heteroatoms. The zero-order valence-corrected chi connectivity index (χ0v) is 16.7. The summed E-state index contributed by atoms with van der Waals surface area (Å²) in [4.78, 5) is 24.1. The number of ketones is 1. The second-order valence-electron chi connectivity index (χ2n) is 7.38. The van der Waals surface area contributed by atoms with Gasteiger partial charge in [-0.25, -0.2) is 23.0 Å². The quantitative estimate of drug-likeness (QED) is 0.518. The topological polar surface area (TPSA) is 55.9 Å². The fourth-order valence-electron chi connectivity index (χ4n) is 3.63. The van der Waals surface area contributed by atoms with Gasteiger partial charge in [0.2, 0.25) is 5.69 Å². The first kappa shape index (κ1) is 21.5. The maximum atomic E-state index is 15.0. The van der Waals surface area contributed by atoms with Gasteiger partial charge in [-0.15, -0.1) is 0 Å². The van der Waals surface area contributed by atoms with Crippen molar-refractivity contribution in [3.8, 4) is 0 Å². The lowest BCUT2D eigenvalue weighted by molar-refractivity contribution is 0.00530. The maximum absolute atomic E-state index is 15.0. The number of rotatable bonds is 5. The Bertz CT molecular complexity index is 1060. The van der Waals surface area contributed by atoms with Gasteiger partial charge in [-0.1, -0.05) is 6.07 Å². The molecule has 0 saturated carbocycles. The molecule has 0 aliphatic carbocycles. The number of carbonyl (C=O) groups is 1. The lowest BCUT2D eigenvalue weighted by Gasteiger charge is -2.38. The molecular formula is C22H20F3N3O2. The van der Waals surface area contributed by atoms with Crippen LogP contribution in [0, 0.1) is 19.3 Å². The van der Waals surface area contributed by atoms with E-state index in [0.29, 0.717) is 16.8 Å². The van der Waals surface area contributed by atoms with E-state index in [2.05, 4.69) is 14.8 Å². The zero-order chi connectivity index (χ0) is 22.1. The predicted octanol–water partition coefficient (Wildman–Crippen LogP) is 4.85. The van der Waals surface area contributed by atoms with Crippen LogP contribution in [0.2, 0.25) is 0 Å². The minimum absolute atomic E-state index is 0.0645. The van der Waals surface area contributed by atoms with Crippen molar-refractivity contribution in [2.24, 2.45) is 4.99 Å². The van der Waals surface area contributed by atoms with Gasteiger partial charge in [0.15, 0.2) is 24.0 Å². The van der Waals surface area contributed by atoms with Crippen molar-refractivity contribution in [2.45, 2.75) is 45.0 Å². The fourth-order valence-corrected chi connectivity index (χ4v) is 3.63. The van der Waals surface area contributed by atoms with Crippen molar-refractivity contribution in [2.75, 3.05) is 6.67 Å². The third-order valence-corrected chi connectivity index (χ3v) is 5.12. The molecule has 1 aliphatic rings. The van der Waals surface area contributed by atoms with Crippen LogP contribution in [0.1, 0.15) is 41.0 Å². The van der Waals surface area contributed by atoms with Gasteiger partial charge in [0.25, 0.3) is 0 Å². The van der Waals surface area contributed by atoms with Crippen LogP contribution in [0.4, 0.5) is 18.9 Å². The van der Waals surface area contributed by atoms with Crippen molar-refractivity contribution in [1.82, 2.24) is 4.98 Å². The van der Waals surface area contributed by atoms with Crippen LogP contribution in [-0.2, 0) is 16.7 Å². The van der Waals surface area contributed by atoms with Gasteiger partial charge in [-0.05, 0) is 43.2 Å². The van der Waals surface area contributed by atoms with E-state index in [1.54, 1.807) is 13.0 Å². The van der Waals surface area contributed by atoms with Crippen LogP contribution >= 0.6 is 0 Å². The maximum Gasteiger partial charge on any atom is 0.205 e. The molecule has 2 aromatic rings. The molecule has 2 heterocycles. The SMILES string of the molecule is [C-]#[N+]c1cnc(C(=O)Cc2ccc(F)c([C@@]3(C)N=C(C)O[C@H](CF)[C@@H]3F)c2)c(C)c1. The van der Waals surface area contributed by atoms with Crippen molar-refractivity contribution < 1.29 is 22.7 Å². The van der Waals surface area contributed by atoms with Crippen LogP contribution in [0.5, 0.6) is 0 Å². The monoisotopic (exact) mass is 415 g/mol. The van der Waals surface area contributed by atoms with Gasteiger partial charge in [-0.3, -0.25) is 9.78 Å². The molecule has 0 unspecified atom stereocenters. The van der Waals surface area contributed by atoms with E-state index in [0.717, 1.165) is 6.07 Å². The van der Waals surface area contributed by atoms with Gasteiger partial charge >= 0.3 is 0 Å². The number of benzene rings is 1. The Labute approximate surface area is 172 Å². The average Bonchev–Trinajstić information content (AvgIpc) is 2.71. The lowest BCUT2D eigenvalue weighted by atomic mass is 9.83. The van der Waals surface area contributed by atoms with E-state index in [9.17, 15) is 18.0 Å². The van der Waals surface area contributed by atoms with Crippen molar-refractivity contribution >= 4 is 17.4 Å². The summed E-state index contributed by atoms with van der Waals surface area (Å²) in [5.41, 5.74) is -0.230. The minimum Gasteiger partial charge on any atom is -0.472 e. The number of aryl methyl sites for hydroxylation is 1. The third kappa shape index (κ3) is 3.92. The summed E-state index contributed by atoms with van der Waals surface area (Å²) in [6, 6.07) is 5.51. The first-order valence-corrected chi connectivity index (χ1v) is 9.29. The summed E-state index contributed by atoms with van der Waals surface area (Å²) in [5.74, 6) is -0.963. The number of alkyl halides is 2. The first-order valence-electron chi connectivity index (χ1n) is 9.29. The third-order valence-electron chi connectivity index (χ3n) is 5.12. The molecule has 156 valence electrons. The van der Waals surface area contributed by atoms with Crippen molar-refractivity contribution in [3.05, 3.63) is 70.1 Å². The van der Waals surface area contributed by atoms with E-state index in [-0.39, 0.29) is 29.4 Å². The summed E-state index contributed by atoms with van der Waals surface area (Å²) in [5, 5.41) is 0. The molecule has 5 nitrogen and oxygen atoms in total. The number of halogens is 3. The Balaban J connectivity index is 1.95. The van der Waals surface area contributed by atoms with E-state index in [4.69, 9.17) is 11.3 Å². The molecule has 3 rings (SSSR count). The summed E-state index contributed by atoms with van der Waals surface area (Å²) in [6.45, 7) is 10.4. The Hall–Kier alpha value is -3.21. The molecule has 1 aromatic carbocycles. The molecule has 0 fully saturated rings.